The van der Waals surface area contributed by atoms with E-state index < -0.39 is 10.8 Å². The van der Waals surface area contributed by atoms with Gasteiger partial charge in [0.15, 0.2) is 0 Å². The molecule has 20 heavy (non-hydrogen) atoms. The molecule has 0 bridgehead atoms. The van der Waals surface area contributed by atoms with Gasteiger partial charge in [-0.2, -0.15) is 0 Å². The Labute approximate surface area is 130 Å². The second-order valence-corrected chi connectivity index (χ2v) is 7.04. The van der Waals surface area contributed by atoms with E-state index in [0.29, 0.717) is 15.8 Å². The van der Waals surface area contributed by atoms with Crippen molar-refractivity contribution in [3.8, 4) is 0 Å². The van der Waals surface area contributed by atoms with Gasteiger partial charge in [0.25, 0.3) is 0 Å². The summed E-state index contributed by atoms with van der Waals surface area (Å²) in [6.45, 7) is 1.86. The Hall–Kier alpha value is -0.900. The predicted octanol–water partition coefficient (Wildman–Crippen LogP) is 5.14. The first-order valence-corrected chi connectivity index (χ1v) is 8.17. The average Bonchev–Trinajstić information content (AvgIpc) is 2.41. The van der Waals surface area contributed by atoms with Crippen LogP contribution in [0.1, 0.15) is 23.3 Å². The summed E-state index contributed by atoms with van der Waals surface area (Å²) >= 11 is 11.8. The third-order valence-corrected chi connectivity index (χ3v) is 5.42. The second-order valence-electron chi connectivity index (χ2n) is 4.47. The minimum absolute atomic E-state index is 0.201. The van der Waals surface area contributed by atoms with Crippen molar-refractivity contribution in [1.29, 1.82) is 0 Å². The Kier molecular flexibility index (Phi) is 5.19. The first kappa shape index (κ1) is 15.5. The van der Waals surface area contributed by atoms with Gasteiger partial charge < -0.3 is 0 Å². The molecule has 106 valence electrons. The fraction of sp³-hybridized carbons (Fsp3) is 0.200. The molecule has 2 aromatic carbocycles. The third kappa shape index (κ3) is 3.81. The van der Waals surface area contributed by atoms with E-state index in [1.165, 1.54) is 12.1 Å². The molecule has 0 spiro atoms. The molecule has 0 aromatic heterocycles. The molecule has 0 amide bonds. The molecule has 0 aliphatic heterocycles. The maximum atomic E-state index is 13.1. The number of hydrogen-bond acceptors (Lipinski definition) is 1. The minimum Gasteiger partial charge on any atom is -0.259 e. The highest BCUT2D eigenvalue weighted by molar-refractivity contribution is 7.84. The number of rotatable bonds is 4. The van der Waals surface area contributed by atoms with Crippen LogP contribution in [0.5, 0.6) is 0 Å². The summed E-state index contributed by atoms with van der Waals surface area (Å²) in [7, 11) is -1.16. The summed E-state index contributed by atoms with van der Waals surface area (Å²) in [6.07, 6.45) is 0. The molecule has 1 nitrogen and oxygen atoms in total. The molecule has 5 heteroatoms. The predicted molar refractivity (Wildman–Crippen MR) is 83.1 cm³/mol. The van der Waals surface area contributed by atoms with Crippen molar-refractivity contribution in [3.05, 3.63) is 69.5 Å². The van der Waals surface area contributed by atoms with Gasteiger partial charge in [0.05, 0.1) is 15.3 Å². The van der Waals surface area contributed by atoms with Crippen molar-refractivity contribution < 1.29 is 8.60 Å². The lowest BCUT2D eigenvalue weighted by molar-refractivity contribution is 0.626. The standard InChI is InChI=1S/C15H13Cl2FOS/c1-10(12-5-6-14(16)15(17)8-12)20(19)9-11-3-2-4-13(18)7-11/h2-8,10H,9H2,1H3/t10-,20-/m0/s1. The highest BCUT2D eigenvalue weighted by Gasteiger charge is 2.15. The molecular formula is C15H13Cl2FOS. The summed E-state index contributed by atoms with van der Waals surface area (Å²) in [6, 6.07) is 11.4. The topological polar surface area (TPSA) is 17.1 Å². The van der Waals surface area contributed by atoms with Crippen LogP contribution in [0.2, 0.25) is 10.0 Å². The molecule has 0 saturated carbocycles. The fourth-order valence-corrected chi connectivity index (χ4v) is 3.35. The molecule has 0 unspecified atom stereocenters. The minimum atomic E-state index is -1.16. The van der Waals surface area contributed by atoms with E-state index in [1.807, 2.05) is 13.0 Å². The van der Waals surface area contributed by atoms with Crippen LogP contribution in [-0.2, 0) is 16.6 Å². The molecule has 0 N–H and O–H groups in total. The van der Waals surface area contributed by atoms with Crippen LogP contribution in [0.3, 0.4) is 0 Å². The molecule has 2 atom stereocenters. The van der Waals surface area contributed by atoms with Crippen molar-refractivity contribution in [2.45, 2.75) is 17.9 Å². The van der Waals surface area contributed by atoms with Crippen LogP contribution in [0, 0.1) is 5.82 Å². The van der Waals surface area contributed by atoms with E-state index in [2.05, 4.69) is 0 Å². The van der Waals surface area contributed by atoms with Crippen LogP contribution in [0.4, 0.5) is 4.39 Å². The smallest absolute Gasteiger partial charge is 0.123 e. The lowest BCUT2D eigenvalue weighted by Crippen LogP contribution is -2.05. The van der Waals surface area contributed by atoms with Crippen molar-refractivity contribution in [3.63, 3.8) is 0 Å². The first-order chi connectivity index (χ1) is 9.47. The van der Waals surface area contributed by atoms with Gasteiger partial charge in [-0.3, -0.25) is 4.21 Å². The van der Waals surface area contributed by atoms with Crippen LogP contribution >= 0.6 is 23.2 Å². The van der Waals surface area contributed by atoms with E-state index in [4.69, 9.17) is 23.2 Å². The summed E-state index contributed by atoms with van der Waals surface area (Å²) in [4.78, 5) is 0. The molecule has 0 aliphatic rings. The molecule has 0 fully saturated rings. The number of hydrogen-bond donors (Lipinski definition) is 0. The quantitative estimate of drug-likeness (QED) is 0.758. The van der Waals surface area contributed by atoms with Crippen LogP contribution in [0.25, 0.3) is 0 Å². The SMILES string of the molecule is C[C@@H](c1ccc(Cl)c(Cl)c1)[S@@](=O)Cc1cccc(F)c1. The summed E-state index contributed by atoms with van der Waals surface area (Å²) in [5.74, 6) is -0.0131. The Bertz CT molecular complexity index is 646. The molecule has 0 radical (unpaired) electrons. The highest BCUT2D eigenvalue weighted by Crippen LogP contribution is 2.28. The van der Waals surface area contributed by atoms with E-state index in [1.54, 1.807) is 24.3 Å². The normalized spacial score (nSPS) is 14.0. The fourth-order valence-electron chi connectivity index (χ4n) is 1.83. The number of benzene rings is 2. The Morgan fingerprint density at radius 2 is 1.90 bits per heavy atom. The molecule has 0 saturated heterocycles. The maximum absolute atomic E-state index is 13.1. The van der Waals surface area contributed by atoms with Gasteiger partial charge in [0, 0.05) is 16.6 Å². The van der Waals surface area contributed by atoms with E-state index in [-0.39, 0.29) is 11.1 Å². The summed E-state index contributed by atoms with van der Waals surface area (Å²) in [5.41, 5.74) is 1.57. The zero-order chi connectivity index (χ0) is 14.7. The Morgan fingerprint density at radius 1 is 1.15 bits per heavy atom. The van der Waals surface area contributed by atoms with Crippen LogP contribution < -0.4 is 0 Å². The zero-order valence-electron chi connectivity index (χ0n) is 10.8. The first-order valence-electron chi connectivity index (χ1n) is 6.04. The Balaban J connectivity index is 2.14. The zero-order valence-corrected chi connectivity index (χ0v) is 13.1. The van der Waals surface area contributed by atoms with E-state index in [9.17, 15) is 8.60 Å². The van der Waals surface area contributed by atoms with Crippen molar-refractivity contribution >= 4 is 34.0 Å². The van der Waals surface area contributed by atoms with Crippen molar-refractivity contribution in [2.24, 2.45) is 0 Å². The van der Waals surface area contributed by atoms with Gasteiger partial charge in [0.1, 0.15) is 5.82 Å². The lowest BCUT2D eigenvalue weighted by atomic mass is 10.2. The monoisotopic (exact) mass is 330 g/mol. The molecular weight excluding hydrogens is 318 g/mol. The maximum Gasteiger partial charge on any atom is 0.123 e. The molecule has 0 aliphatic carbocycles. The van der Waals surface area contributed by atoms with E-state index in [0.717, 1.165) is 11.1 Å². The third-order valence-electron chi connectivity index (χ3n) is 3.01. The van der Waals surface area contributed by atoms with Gasteiger partial charge in [-0.05, 0) is 42.3 Å². The van der Waals surface area contributed by atoms with Crippen LogP contribution in [0.15, 0.2) is 42.5 Å². The van der Waals surface area contributed by atoms with Crippen molar-refractivity contribution in [2.75, 3.05) is 0 Å². The van der Waals surface area contributed by atoms with Gasteiger partial charge in [0.2, 0.25) is 0 Å². The second kappa shape index (κ2) is 6.70. The summed E-state index contributed by atoms with van der Waals surface area (Å²) in [5, 5.41) is 0.713. The number of halogens is 3. The average molecular weight is 331 g/mol. The van der Waals surface area contributed by atoms with Gasteiger partial charge >= 0.3 is 0 Å². The van der Waals surface area contributed by atoms with Crippen LogP contribution in [-0.4, -0.2) is 4.21 Å². The molecule has 0 heterocycles. The lowest BCUT2D eigenvalue weighted by Gasteiger charge is -2.13. The summed E-state index contributed by atoms with van der Waals surface area (Å²) < 4.78 is 25.4. The molecule has 2 aromatic rings. The van der Waals surface area contributed by atoms with Gasteiger partial charge in [-0.1, -0.05) is 41.4 Å². The van der Waals surface area contributed by atoms with E-state index >= 15 is 0 Å². The van der Waals surface area contributed by atoms with Gasteiger partial charge in [-0.25, -0.2) is 4.39 Å². The van der Waals surface area contributed by atoms with Crippen molar-refractivity contribution in [1.82, 2.24) is 0 Å². The molecule has 2 rings (SSSR count). The Morgan fingerprint density at radius 3 is 2.55 bits per heavy atom. The highest BCUT2D eigenvalue weighted by atomic mass is 35.5. The largest absolute Gasteiger partial charge is 0.259 e. The van der Waals surface area contributed by atoms with Gasteiger partial charge in [-0.15, -0.1) is 0 Å².